The second-order valence-corrected chi connectivity index (χ2v) is 8.88. The molecule has 0 heterocycles. The van der Waals surface area contributed by atoms with E-state index < -0.39 is 5.97 Å². The van der Waals surface area contributed by atoms with Crippen LogP contribution in [0.25, 0.3) is 0 Å². The quantitative estimate of drug-likeness (QED) is 0.528. The van der Waals surface area contributed by atoms with Crippen molar-refractivity contribution in [1.29, 1.82) is 0 Å². The molecule has 1 aliphatic rings. The number of carboxylic acid groups (broad SMARTS) is 1. The molecule has 0 saturated heterocycles. The summed E-state index contributed by atoms with van der Waals surface area (Å²) in [7, 11) is 0. The summed E-state index contributed by atoms with van der Waals surface area (Å²) in [6.07, 6.45) is 8.10. The van der Waals surface area contributed by atoms with Gasteiger partial charge in [-0.15, -0.1) is 0 Å². The Morgan fingerprint density at radius 1 is 1.07 bits per heavy atom. The first kappa shape index (κ1) is 21.9. The van der Waals surface area contributed by atoms with E-state index in [4.69, 9.17) is 16.7 Å². The van der Waals surface area contributed by atoms with Crippen molar-refractivity contribution in [3.05, 3.63) is 69.7 Å². The first-order chi connectivity index (χ1) is 14.0. The van der Waals surface area contributed by atoms with Gasteiger partial charge in [0.2, 0.25) is 0 Å². The smallest absolute Gasteiger partial charge is 0.304 e. The molecule has 1 aliphatic carbocycles. The predicted molar refractivity (Wildman–Crippen MR) is 119 cm³/mol. The van der Waals surface area contributed by atoms with Gasteiger partial charge in [0.1, 0.15) is 0 Å². The van der Waals surface area contributed by atoms with Crippen LogP contribution < -0.4 is 0 Å². The molecule has 2 aromatic rings. The Kier molecular flexibility index (Phi) is 8.14. The van der Waals surface area contributed by atoms with Gasteiger partial charge in [-0.1, -0.05) is 85.7 Å². The third kappa shape index (κ3) is 7.17. The maximum Gasteiger partial charge on any atom is 0.304 e. The molecule has 1 fully saturated rings. The molecule has 156 valence electrons. The second-order valence-electron chi connectivity index (χ2n) is 8.48. The molecule has 1 N–H and O–H groups in total. The van der Waals surface area contributed by atoms with Gasteiger partial charge in [0, 0.05) is 24.7 Å². The molecule has 0 radical (unpaired) electrons. The summed E-state index contributed by atoms with van der Waals surface area (Å²) in [4.78, 5) is 13.3. The zero-order valence-corrected chi connectivity index (χ0v) is 18.1. The Morgan fingerprint density at radius 2 is 1.83 bits per heavy atom. The highest BCUT2D eigenvalue weighted by Crippen LogP contribution is 2.27. The van der Waals surface area contributed by atoms with Crippen LogP contribution in [-0.2, 0) is 24.3 Å². The number of aliphatic carboxylic acids is 1. The van der Waals surface area contributed by atoms with Crippen molar-refractivity contribution in [1.82, 2.24) is 4.90 Å². The van der Waals surface area contributed by atoms with Gasteiger partial charge >= 0.3 is 5.97 Å². The monoisotopic (exact) mass is 413 g/mol. The zero-order valence-electron chi connectivity index (χ0n) is 17.4. The van der Waals surface area contributed by atoms with Gasteiger partial charge < -0.3 is 5.11 Å². The molecule has 2 aromatic carbocycles. The fraction of sp³-hybridized carbons (Fsp3) is 0.480. The van der Waals surface area contributed by atoms with Crippen molar-refractivity contribution in [2.75, 3.05) is 6.54 Å². The maximum absolute atomic E-state index is 11.2. The fourth-order valence-electron chi connectivity index (χ4n) is 4.37. The number of hydrogen-bond acceptors (Lipinski definition) is 2. The number of rotatable bonds is 9. The predicted octanol–water partition coefficient (Wildman–Crippen LogP) is 6.25. The van der Waals surface area contributed by atoms with Crippen molar-refractivity contribution >= 4 is 17.6 Å². The zero-order chi connectivity index (χ0) is 20.6. The number of halogens is 1. The van der Waals surface area contributed by atoms with Crippen molar-refractivity contribution < 1.29 is 9.90 Å². The van der Waals surface area contributed by atoms with Gasteiger partial charge in [-0.2, -0.15) is 0 Å². The van der Waals surface area contributed by atoms with Crippen molar-refractivity contribution in [2.24, 2.45) is 5.92 Å². The number of carbonyl (C=O) groups is 1. The summed E-state index contributed by atoms with van der Waals surface area (Å²) in [5.41, 5.74) is 4.86. The van der Waals surface area contributed by atoms with E-state index in [0.29, 0.717) is 13.1 Å². The van der Waals surface area contributed by atoms with E-state index in [1.54, 1.807) is 0 Å². The largest absolute Gasteiger partial charge is 0.481 e. The molecule has 3 nitrogen and oxygen atoms in total. The number of hydrogen-bond donors (Lipinski definition) is 1. The Bertz CT molecular complexity index is 814. The normalized spacial score (nSPS) is 15.0. The lowest BCUT2D eigenvalue weighted by molar-refractivity contribution is -0.137. The molecule has 0 spiro atoms. The summed E-state index contributed by atoms with van der Waals surface area (Å²) in [5.74, 6) is 0.0459. The second kappa shape index (κ2) is 10.8. The lowest BCUT2D eigenvalue weighted by atomic mass is 9.84. The molecule has 0 unspecified atom stereocenters. The maximum atomic E-state index is 11.2. The van der Waals surface area contributed by atoms with E-state index in [-0.39, 0.29) is 6.42 Å². The number of nitrogens with zero attached hydrogens (tertiary/aromatic N) is 1. The van der Waals surface area contributed by atoms with E-state index in [1.165, 1.54) is 43.2 Å². The molecule has 0 amide bonds. The molecule has 29 heavy (non-hydrogen) atoms. The minimum atomic E-state index is -0.767. The summed E-state index contributed by atoms with van der Waals surface area (Å²) < 4.78 is 0. The van der Waals surface area contributed by atoms with Gasteiger partial charge in [-0.05, 0) is 42.0 Å². The minimum Gasteiger partial charge on any atom is -0.481 e. The van der Waals surface area contributed by atoms with Crippen molar-refractivity contribution in [3.63, 3.8) is 0 Å². The molecule has 0 bridgehead atoms. The van der Waals surface area contributed by atoms with Gasteiger partial charge in [0.05, 0.1) is 6.42 Å². The van der Waals surface area contributed by atoms with Crippen LogP contribution in [0, 0.1) is 12.8 Å². The van der Waals surface area contributed by atoms with Crippen molar-refractivity contribution in [3.8, 4) is 0 Å². The molecule has 0 aliphatic heterocycles. The number of aryl methyl sites for hydroxylation is 1. The van der Waals surface area contributed by atoms with Crippen LogP contribution in [0.1, 0.15) is 60.8 Å². The average molecular weight is 414 g/mol. The Hall–Kier alpha value is -1.84. The minimum absolute atomic E-state index is 0.130. The van der Waals surface area contributed by atoms with E-state index in [1.807, 2.05) is 12.1 Å². The number of benzene rings is 2. The van der Waals surface area contributed by atoms with Crippen LogP contribution in [0.5, 0.6) is 0 Å². The van der Waals surface area contributed by atoms with Crippen LogP contribution in [0.4, 0.5) is 0 Å². The van der Waals surface area contributed by atoms with Crippen LogP contribution in [0.15, 0.2) is 42.5 Å². The molecule has 3 rings (SSSR count). The Labute approximate surface area is 179 Å². The first-order valence-corrected chi connectivity index (χ1v) is 11.1. The summed E-state index contributed by atoms with van der Waals surface area (Å²) in [6, 6.07) is 14.8. The lowest BCUT2D eigenvalue weighted by Gasteiger charge is -2.24. The third-order valence-corrected chi connectivity index (χ3v) is 6.25. The fourth-order valence-corrected chi connectivity index (χ4v) is 4.55. The van der Waals surface area contributed by atoms with Crippen LogP contribution >= 0.6 is 11.6 Å². The highest BCUT2D eigenvalue weighted by molar-refractivity contribution is 6.31. The lowest BCUT2D eigenvalue weighted by Crippen LogP contribution is -2.26. The molecule has 0 atom stereocenters. The standard InChI is InChI=1S/C25H32ClNO2/c1-19-10-11-24(26)23(14-19)18-27(13-12-25(28)29)17-22-9-5-8-21(16-22)15-20-6-3-2-4-7-20/h5,8-11,14,16,20H,2-4,6-7,12-13,15,17-18H2,1H3,(H,28,29). The van der Waals surface area contributed by atoms with Gasteiger partial charge in [-0.3, -0.25) is 9.69 Å². The third-order valence-electron chi connectivity index (χ3n) is 5.88. The summed E-state index contributed by atoms with van der Waals surface area (Å²) in [6.45, 7) is 3.94. The molecular formula is C25H32ClNO2. The van der Waals surface area contributed by atoms with Crippen LogP contribution in [0.2, 0.25) is 5.02 Å². The Balaban J connectivity index is 1.70. The van der Waals surface area contributed by atoms with Crippen LogP contribution in [-0.4, -0.2) is 22.5 Å². The Morgan fingerprint density at radius 3 is 2.59 bits per heavy atom. The molecular weight excluding hydrogens is 382 g/mol. The molecule has 1 saturated carbocycles. The average Bonchev–Trinajstić information content (AvgIpc) is 2.70. The topological polar surface area (TPSA) is 40.5 Å². The summed E-state index contributed by atoms with van der Waals surface area (Å²) >= 11 is 6.40. The SMILES string of the molecule is Cc1ccc(Cl)c(CN(CCC(=O)O)Cc2cccc(CC3CCCCC3)c2)c1. The van der Waals surface area contributed by atoms with Crippen molar-refractivity contribution in [2.45, 2.75) is 65.0 Å². The van der Waals surface area contributed by atoms with Gasteiger partial charge in [0.25, 0.3) is 0 Å². The first-order valence-electron chi connectivity index (χ1n) is 10.8. The van der Waals surface area contributed by atoms with E-state index in [2.05, 4.69) is 42.2 Å². The number of carboxylic acids is 1. The van der Waals surface area contributed by atoms with Gasteiger partial charge in [0.15, 0.2) is 0 Å². The highest BCUT2D eigenvalue weighted by atomic mass is 35.5. The van der Waals surface area contributed by atoms with E-state index in [0.717, 1.165) is 35.0 Å². The molecule has 0 aromatic heterocycles. The van der Waals surface area contributed by atoms with Gasteiger partial charge in [-0.25, -0.2) is 0 Å². The summed E-state index contributed by atoms with van der Waals surface area (Å²) in [5, 5.41) is 9.90. The molecule has 4 heteroatoms. The van der Waals surface area contributed by atoms with E-state index >= 15 is 0 Å². The highest BCUT2D eigenvalue weighted by Gasteiger charge is 2.15. The van der Waals surface area contributed by atoms with E-state index in [9.17, 15) is 4.79 Å². The van der Waals surface area contributed by atoms with Crippen LogP contribution in [0.3, 0.4) is 0 Å².